The number of thioether (sulfide) groups is 1. The molecule has 1 aliphatic carbocycles. The molecule has 0 aliphatic heterocycles. The number of hydrogen-bond acceptors (Lipinski definition) is 3. The highest BCUT2D eigenvalue weighted by Crippen LogP contribution is 2.40. The molecule has 2 atom stereocenters. The molecule has 2 rings (SSSR count). The van der Waals surface area contributed by atoms with Gasteiger partial charge in [0, 0.05) is 20.7 Å². The molecule has 2 unspecified atom stereocenters. The molecule has 1 aromatic rings. The van der Waals surface area contributed by atoms with Crippen molar-refractivity contribution in [3.8, 4) is 0 Å². The monoisotopic (exact) mass is 299 g/mol. The van der Waals surface area contributed by atoms with E-state index in [-0.39, 0.29) is 12.1 Å². The SMILES string of the molecule is CCCNC1(CO)CCC(Sc2ccc(Cl)cc2)C1. The van der Waals surface area contributed by atoms with Crippen LogP contribution in [0.4, 0.5) is 0 Å². The number of benzene rings is 1. The van der Waals surface area contributed by atoms with Crippen LogP contribution in [-0.2, 0) is 0 Å². The van der Waals surface area contributed by atoms with E-state index in [9.17, 15) is 5.11 Å². The first-order valence-electron chi connectivity index (χ1n) is 6.95. The standard InChI is InChI=1S/C15H22ClNOS/c1-2-9-17-15(11-18)8-7-14(10-15)19-13-5-3-12(16)4-6-13/h3-6,14,17-18H,2,7-11H2,1H3. The van der Waals surface area contributed by atoms with E-state index >= 15 is 0 Å². The summed E-state index contributed by atoms with van der Waals surface area (Å²) in [6, 6.07) is 8.03. The van der Waals surface area contributed by atoms with E-state index in [0.29, 0.717) is 5.25 Å². The first kappa shape index (κ1) is 15.2. The molecular formula is C15H22ClNOS. The summed E-state index contributed by atoms with van der Waals surface area (Å²) in [5, 5.41) is 14.6. The lowest BCUT2D eigenvalue weighted by Gasteiger charge is -2.28. The Hall–Kier alpha value is -0.220. The van der Waals surface area contributed by atoms with Crippen LogP contribution in [0, 0.1) is 0 Å². The molecule has 0 spiro atoms. The molecule has 0 bridgehead atoms. The van der Waals surface area contributed by atoms with E-state index in [1.165, 1.54) is 4.90 Å². The van der Waals surface area contributed by atoms with Crippen molar-refractivity contribution in [2.24, 2.45) is 0 Å². The minimum atomic E-state index is -0.0555. The quantitative estimate of drug-likeness (QED) is 0.840. The molecule has 0 amide bonds. The molecule has 0 saturated heterocycles. The molecule has 0 radical (unpaired) electrons. The van der Waals surface area contributed by atoms with Gasteiger partial charge in [0.1, 0.15) is 0 Å². The highest BCUT2D eigenvalue weighted by molar-refractivity contribution is 8.00. The van der Waals surface area contributed by atoms with Crippen molar-refractivity contribution in [3.63, 3.8) is 0 Å². The molecule has 1 saturated carbocycles. The summed E-state index contributed by atoms with van der Waals surface area (Å²) in [6.07, 6.45) is 4.37. The van der Waals surface area contributed by atoms with Crippen molar-refractivity contribution < 1.29 is 5.11 Å². The fraction of sp³-hybridized carbons (Fsp3) is 0.600. The minimum absolute atomic E-state index is 0.0555. The van der Waals surface area contributed by atoms with Crippen molar-refractivity contribution in [1.29, 1.82) is 0 Å². The molecule has 0 heterocycles. The second-order valence-electron chi connectivity index (χ2n) is 5.30. The van der Waals surface area contributed by atoms with Crippen LogP contribution in [-0.4, -0.2) is 29.0 Å². The summed E-state index contributed by atoms with van der Waals surface area (Å²) in [4.78, 5) is 1.26. The predicted octanol–water partition coefficient (Wildman–Crippen LogP) is 3.72. The molecule has 2 nitrogen and oxygen atoms in total. The third-order valence-electron chi connectivity index (χ3n) is 3.73. The maximum atomic E-state index is 9.67. The van der Waals surface area contributed by atoms with E-state index in [0.717, 1.165) is 37.3 Å². The maximum Gasteiger partial charge on any atom is 0.0613 e. The fourth-order valence-electron chi connectivity index (χ4n) is 2.63. The third-order valence-corrected chi connectivity index (χ3v) is 5.26. The Labute approximate surface area is 124 Å². The van der Waals surface area contributed by atoms with Gasteiger partial charge in [0.05, 0.1) is 6.61 Å². The van der Waals surface area contributed by atoms with Gasteiger partial charge in [-0.05, 0) is 56.5 Å². The predicted molar refractivity (Wildman–Crippen MR) is 83.1 cm³/mol. The Morgan fingerprint density at radius 1 is 1.42 bits per heavy atom. The molecule has 19 heavy (non-hydrogen) atoms. The normalized spacial score (nSPS) is 26.8. The minimum Gasteiger partial charge on any atom is -0.394 e. The van der Waals surface area contributed by atoms with Crippen molar-refractivity contribution in [2.45, 2.75) is 48.3 Å². The summed E-state index contributed by atoms with van der Waals surface area (Å²) in [6.45, 7) is 3.39. The van der Waals surface area contributed by atoms with Gasteiger partial charge in [-0.2, -0.15) is 0 Å². The Bertz CT molecular complexity index is 398. The maximum absolute atomic E-state index is 9.67. The number of rotatable bonds is 6. The molecule has 4 heteroatoms. The smallest absolute Gasteiger partial charge is 0.0613 e. The largest absolute Gasteiger partial charge is 0.394 e. The van der Waals surface area contributed by atoms with Gasteiger partial charge in [0.2, 0.25) is 0 Å². The van der Waals surface area contributed by atoms with Crippen molar-refractivity contribution in [2.75, 3.05) is 13.2 Å². The zero-order valence-corrected chi connectivity index (χ0v) is 12.9. The Morgan fingerprint density at radius 2 is 2.16 bits per heavy atom. The Kier molecular flexibility index (Phi) is 5.58. The van der Waals surface area contributed by atoms with Crippen LogP contribution in [0.2, 0.25) is 5.02 Å². The van der Waals surface area contributed by atoms with Crippen LogP contribution in [0.25, 0.3) is 0 Å². The lowest BCUT2D eigenvalue weighted by atomic mass is 9.99. The van der Waals surface area contributed by atoms with E-state index in [1.54, 1.807) is 0 Å². The molecule has 0 aromatic heterocycles. The van der Waals surface area contributed by atoms with Gasteiger partial charge in [-0.1, -0.05) is 18.5 Å². The Morgan fingerprint density at radius 3 is 2.79 bits per heavy atom. The summed E-state index contributed by atoms with van der Waals surface area (Å²) >= 11 is 7.80. The van der Waals surface area contributed by atoms with E-state index in [1.807, 2.05) is 23.9 Å². The average Bonchev–Trinajstić information content (AvgIpc) is 2.83. The van der Waals surface area contributed by atoms with Gasteiger partial charge in [0.15, 0.2) is 0 Å². The molecule has 1 aromatic carbocycles. The summed E-state index contributed by atoms with van der Waals surface area (Å²) < 4.78 is 0. The fourth-order valence-corrected chi connectivity index (χ4v) is 4.08. The lowest BCUT2D eigenvalue weighted by Crippen LogP contribution is -2.46. The van der Waals surface area contributed by atoms with Crippen LogP contribution in [0.1, 0.15) is 32.6 Å². The number of hydrogen-bond donors (Lipinski definition) is 2. The summed E-state index contributed by atoms with van der Waals surface area (Å²) in [7, 11) is 0. The molecule has 1 fully saturated rings. The van der Waals surface area contributed by atoms with Gasteiger partial charge in [0.25, 0.3) is 0 Å². The van der Waals surface area contributed by atoms with E-state index in [4.69, 9.17) is 11.6 Å². The Balaban J connectivity index is 1.91. The zero-order chi connectivity index (χ0) is 13.7. The highest BCUT2D eigenvalue weighted by Gasteiger charge is 2.38. The second kappa shape index (κ2) is 6.98. The van der Waals surface area contributed by atoms with E-state index in [2.05, 4.69) is 24.4 Å². The molecule has 2 N–H and O–H groups in total. The number of halogens is 1. The molecular weight excluding hydrogens is 278 g/mol. The highest BCUT2D eigenvalue weighted by atomic mass is 35.5. The summed E-state index contributed by atoms with van der Waals surface area (Å²) in [5.74, 6) is 0. The molecule has 106 valence electrons. The van der Waals surface area contributed by atoms with Gasteiger partial charge >= 0.3 is 0 Å². The number of aliphatic hydroxyl groups is 1. The number of aliphatic hydroxyl groups excluding tert-OH is 1. The summed E-state index contributed by atoms with van der Waals surface area (Å²) in [5.41, 5.74) is -0.0555. The van der Waals surface area contributed by atoms with Crippen molar-refractivity contribution >= 4 is 23.4 Å². The van der Waals surface area contributed by atoms with Crippen LogP contribution in [0.5, 0.6) is 0 Å². The van der Waals surface area contributed by atoms with Crippen LogP contribution >= 0.6 is 23.4 Å². The topological polar surface area (TPSA) is 32.3 Å². The third kappa shape index (κ3) is 4.12. The van der Waals surface area contributed by atoms with Crippen LogP contribution < -0.4 is 5.32 Å². The van der Waals surface area contributed by atoms with Crippen molar-refractivity contribution in [1.82, 2.24) is 5.32 Å². The molecule has 1 aliphatic rings. The number of nitrogens with one attached hydrogen (secondary N) is 1. The first-order chi connectivity index (χ1) is 9.17. The zero-order valence-electron chi connectivity index (χ0n) is 11.4. The van der Waals surface area contributed by atoms with E-state index < -0.39 is 0 Å². The van der Waals surface area contributed by atoms with Gasteiger partial charge in [-0.15, -0.1) is 11.8 Å². The average molecular weight is 300 g/mol. The second-order valence-corrected chi connectivity index (χ2v) is 7.11. The van der Waals surface area contributed by atoms with Gasteiger partial charge in [-0.25, -0.2) is 0 Å². The van der Waals surface area contributed by atoms with Gasteiger partial charge < -0.3 is 10.4 Å². The first-order valence-corrected chi connectivity index (χ1v) is 8.21. The van der Waals surface area contributed by atoms with Crippen LogP contribution in [0.15, 0.2) is 29.2 Å². The van der Waals surface area contributed by atoms with Crippen LogP contribution in [0.3, 0.4) is 0 Å². The van der Waals surface area contributed by atoms with Crippen molar-refractivity contribution in [3.05, 3.63) is 29.3 Å². The van der Waals surface area contributed by atoms with Gasteiger partial charge in [-0.3, -0.25) is 0 Å². The lowest BCUT2D eigenvalue weighted by molar-refractivity contribution is 0.165.